The van der Waals surface area contributed by atoms with Gasteiger partial charge in [-0.05, 0) is 57.7 Å². The Morgan fingerprint density at radius 1 is 1.18 bits per heavy atom. The lowest BCUT2D eigenvalue weighted by atomic mass is 10.2. The van der Waals surface area contributed by atoms with Crippen molar-refractivity contribution >= 4 is 29.9 Å². The number of aromatic nitrogens is 3. The van der Waals surface area contributed by atoms with E-state index in [4.69, 9.17) is 9.73 Å². The predicted molar refractivity (Wildman–Crippen MR) is 142 cm³/mol. The van der Waals surface area contributed by atoms with E-state index in [-0.39, 0.29) is 24.0 Å². The predicted octanol–water partition coefficient (Wildman–Crippen LogP) is 3.25. The van der Waals surface area contributed by atoms with Crippen LogP contribution >= 0.6 is 24.0 Å². The standard InChI is InChI=1S/C24H37N7O.HI/c1-4-31-13-7-9-21(31)15-26-24(27-16-23-29-28-18(2)30(23)3)25-14-20-8-5-6-10-22(20)32-17-19-11-12-19;/h5-6,8,10,19,21H,4,7,9,11-17H2,1-3H3,(H2,25,26,27);1H. The molecule has 2 aromatic rings. The summed E-state index contributed by atoms with van der Waals surface area (Å²) in [5.41, 5.74) is 1.11. The van der Waals surface area contributed by atoms with Crippen molar-refractivity contribution in [1.29, 1.82) is 0 Å². The van der Waals surface area contributed by atoms with E-state index in [0.29, 0.717) is 19.1 Å². The molecule has 1 saturated heterocycles. The maximum absolute atomic E-state index is 6.07. The lowest BCUT2D eigenvalue weighted by molar-refractivity contribution is 0.267. The van der Waals surface area contributed by atoms with Gasteiger partial charge in [0.25, 0.3) is 0 Å². The van der Waals surface area contributed by atoms with Crippen LogP contribution in [0.4, 0.5) is 0 Å². The Labute approximate surface area is 214 Å². The van der Waals surface area contributed by atoms with Gasteiger partial charge in [-0.15, -0.1) is 34.2 Å². The highest BCUT2D eigenvalue weighted by Crippen LogP contribution is 2.30. The number of nitrogens with one attached hydrogen (secondary N) is 2. The molecule has 1 atom stereocenters. The fourth-order valence-electron chi connectivity index (χ4n) is 4.13. The third kappa shape index (κ3) is 7.30. The largest absolute Gasteiger partial charge is 0.493 e. The first kappa shape index (κ1) is 25.7. The van der Waals surface area contributed by atoms with E-state index >= 15 is 0 Å². The van der Waals surface area contributed by atoms with Crippen molar-refractivity contribution in [1.82, 2.24) is 30.3 Å². The summed E-state index contributed by atoms with van der Waals surface area (Å²) >= 11 is 0. The lowest BCUT2D eigenvalue weighted by Gasteiger charge is -2.24. The molecule has 1 unspecified atom stereocenters. The minimum atomic E-state index is 0. The first-order valence-electron chi connectivity index (χ1n) is 12.0. The van der Waals surface area contributed by atoms with Crippen LogP contribution in [0.2, 0.25) is 0 Å². The van der Waals surface area contributed by atoms with Gasteiger partial charge in [0.1, 0.15) is 11.6 Å². The summed E-state index contributed by atoms with van der Waals surface area (Å²) in [6, 6.07) is 8.79. The second kappa shape index (κ2) is 12.5. The number of hydrogen-bond donors (Lipinski definition) is 2. The van der Waals surface area contributed by atoms with Crippen LogP contribution in [0.1, 0.15) is 49.8 Å². The van der Waals surface area contributed by atoms with Crippen molar-refractivity contribution in [3.8, 4) is 5.75 Å². The van der Waals surface area contributed by atoms with Crippen LogP contribution in [-0.2, 0) is 20.1 Å². The molecule has 8 nitrogen and oxygen atoms in total. The molecule has 1 aliphatic carbocycles. The molecule has 1 aliphatic heterocycles. The first-order valence-corrected chi connectivity index (χ1v) is 12.0. The number of guanidine groups is 1. The maximum atomic E-state index is 6.07. The quantitative estimate of drug-likeness (QED) is 0.261. The molecule has 33 heavy (non-hydrogen) atoms. The molecule has 0 amide bonds. The normalized spacial score (nSPS) is 18.8. The number of hydrogen-bond acceptors (Lipinski definition) is 5. The molecule has 2 fully saturated rings. The van der Waals surface area contributed by atoms with Crippen molar-refractivity contribution in [2.45, 2.75) is 58.7 Å². The Balaban J connectivity index is 0.00000306. The van der Waals surface area contributed by atoms with Gasteiger partial charge in [0.05, 0.1) is 19.7 Å². The van der Waals surface area contributed by atoms with Gasteiger partial charge >= 0.3 is 0 Å². The molecule has 2 aliphatic rings. The molecular weight excluding hydrogens is 529 g/mol. The average Bonchev–Trinajstić information content (AvgIpc) is 3.44. The highest BCUT2D eigenvalue weighted by atomic mass is 127. The van der Waals surface area contributed by atoms with Crippen LogP contribution in [0.5, 0.6) is 5.75 Å². The number of nitrogens with zero attached hydrogens (tertiary/aromatic N) is 5. The molecule has 0 radical (unpaired) electrons. The van der Waals surface area contributed by atoms with Gasteiger partial charge in [0.2, 0.25) is 0 Å². The number of halogens is 1. The van der Waals surface area contributed by atoms with Gasteiger partial charge < -0.3 is 19.9 Å². The molecule has 1 saturated carbocycles. The maximum Gasteiger partial charge on any atom is 0.192 e. The van der Waals surface area contributed by atoms with Crippen LogP contribution < -0.4 is 15.4 Å². The van der Waals surface area contributed by atoms with Gasteiger partial charge in [0, 0.05) is 25.2 Å². The van der Waals surface area contributed by atoms with E-state index < -0.39 is 0 Å². The van der Waals surface area contributed by atoms with Gasteiger partial charge in [0.15, 0.2) is 11.8 Å². The second-order valence-corrected chi connectivity index (χ2v) is 8.91. The van der Waals surface area contributed by atoms with Crippen molar-refractivity contribution < 1.29 is 4.74 Å². The molecule has 0 bridgehead atoms. The van der Waals surface area contributed by atoms with Crippen molar-refractivity contribution in [3.05, 3.63) is 41.5 Å². The van der Waals surface area contributed by atoms with E-state index in [1.807, 2.05) is 30.7 Å². The molecule has 4 rings (SSSR count). The van der Waals surface area contributed by atoms with Crippen molar-refractivity contribution in [2.75, 3.05) is 26.2 Å². The summed E-state index contributed by atoms with van der Waals surface area (Å²) in [5.74, 6) is 4.26. The third-order valence-electron chi connectivity index (χ3n) is 6.56. The molecule has 0 spiro atoms. The van der Waals surface area contributed by atoms with E-state index in [0.717, 1.165) is 54.5 Å². The molecule has 1 aromatic carbocycles. The van der Waals surface area contributed by atoms with E-state index in [9.17, 15) is 0 Å². The monoisotopic (exact) mass is 567 g/mol. The van der Waals surface area contributed by atoms with Crippen LogP contribution in [0.15, 0.2) is 29.3 Å². The van der Waals surface area contributed by atoms with E-state index in [2.05, 4.69) is 44.8 Å². The highest BCUT2D eigenvalue weighted by Gasteiger charge is 2.23. The van der Waals surface area contributed by atoms with Gasteiger partial charge in [-0.3, -0.25) is 4.90 Å². The minimum absolute atomic E-state index is 0. The summed E-state index contributed by atoms with van der Waals surface area (Å²) in [7, 11) is 1.99. The molecule has 1 aromatic heterocycles. The topological polar surface area (TPSA) is 79.6 Å². The zero-order valence-corrected chi connectivity index (χ0v) is 22.4. The number of likely N-dealkylation sites (N-methyl/N-ethyl adjacent to an activating group) is 1. The minimum Gasteiger partial charge on any atom is -0.493 e. The Morgan fingerprint density at radius 2 is 2.00 bits per heavy atom. The smallest absolute Gasteiger partial charge is 0.192 e. The molecular formula is C24H38IN7O. The Morgan fingerprint density at radius 3 is 2.73 bits per heavy atom. The summed E-state index contributed by atoms with van der Waals surface area (Å²) in [5, 5.41) is 15.5. The number of rotatable bonds is 10. The van der Waals surface area contributed by atoms with Crippen molar-refractivity contribution in [2.24, 2.45) is 18.0 Å². The van der Waals surface area contributed by atoms with Crippen LogP contribution in [-0.4, -0.2) is 57.9 Å². The zero-order valence-electron chi connectivity index (χ0n) is 20.1. The van der Waals surface area contributed by atoms with Crippen LogP contribution in [0.3, 0.4) is 0 Å². The van der Waals surface area contributed by atoms with Crippen molar-refractivity contribution in [3.63, 3.8) is 0 Å². The Hall–Kier alpha value is -1.88. The number of para-hydroxylation sites is 1. The SMILES string of the molecule is CCN1CCCC1CNC(=NCc1ccccc1OCC1CC1)NCc1nnc(C)n1C.I. The summed E-state index contributed by atoms with van der Waals surface area (Å²) in [4.78, 5) is 7.44. The number of aryl methyl sites for hydroxylation is 1. The summed E-state index contributed by atoms with van der Waals surface area (Å²) < 4.78 is 8.07. The molecule has 9 heteroatoms. The molecule has 2 N–H and O–H groups in total. The summed E-state index contributed by atoms with van der Waals surface area (Å²) in [6.45, 7) is 9.31. The van der Waals surface area contributed by atoms with Crippen LogP contribution in [0.25, 0.3) is 0 Å². The number of benzene rings is 1. The molecule has 2 heterocycles. The van der Waals surface area contributed by atoms with Gasteiger partial charge in [-0.25, -0.2) is 4.99 Å². The fourth-order valence-corrected chi connectivity index (χ4v) is 4.13. The number of ether oxygens (including phenoxy) is 1. The second-order valence-electron chi connectivity index (χ2n) is 8.91. The highest BCUT2D eigenvalue weighted by molar-refractivity contribution is 14.0. The third-order valence-corrected chi connectivity index (χ3v) is 6.56. The number of likely N-dealkylation sites (tertiary alicyclic amines) is 1. The number of aliphatic imine (C=N–C) groups is 1. The Bertz CT molecular complexity index is 912. The molecule has 182 valence electrons. The first-order chi connectivity index (χ1) is 15.6. The average molecular weight is 568 g/mol. The van der Waals surface area contributed by atoms with E-state index in [1.165, 1.54) is 32.2 Å². The van der Waals surface area contributed by atoms with E-state index in [1.54, 1.807) is 0 Å². The Kier molecular flexibility index (Phi) is 9.78. The van der Waals surface area contributed by atoms with Crippen LogP contribution in [0, 0.1) is 12.8 Å². The van der Waals surface area contributed by atoms with Gasteiger partial charge in [-0.1, -0.05) is 25.1 Å². The van der Waals surface area contributed by atoms with Gasteiger partial charge in [-0.2, -0.15) is 0 Å². The fraction of sp³-hybridized carbons (Fsp3) is 0.625. The zero-order chi connectivity index (χ0) is 22.3. The lowest BCUT2D eigenvalue weighted by Crippen LogP contribution is -2.44. The summed E-state index contributed by atoms with van der Waals surface area (Å²) in [6.07, 6.45) is 5.07.